The lowest BCUT2D eigenvalue weighted by Crippen LogP contribution is -2.30. The second kappa shape index (κ2) is 5.63. The minimum absolute atomic E-state index is 0.294. The number of hydrogen-bond donors (Lipinski definition) is 1. The van der Waals surface area contributed by atoms with Gasteiger partial charge in [0.05, 0.1) is 9.89 Å². The lowest BCUT2D eigenvalue weighted by molar-refractivity contribution is 0.0929. The predicted molar refractivity (Wildman–Crippen MR) is 72.0 cm³/mol. The predicted octanol–water partition coefficient (Wildman–Crippen LogP) is 3.59. The summed E-state index contributed by atoms with van der Waals surface area (Å²) in [5, 5.41) is 3.51. The van der Waals surface area contributed by atoms with Crippen molar-refractivity contribution in [1.29, 1.82) is 0 Å². The molecule has 2 nitrogen and oxygen atoms in total. The lowest BCUT2D eigenvalue weighted by Gasteiger charge is -2.19. The number of hydrogen-bond acceptors (Lipinski definition) is 3. The monoisotopic (exact) mass is 303 g/mol. The summed E-state index contributed by atoms with van der Waals surface area (Å²) in [6.07, 6.45) is 1.46. The summed E-state index contributed by atoms with van der Waals surface area (Å²) < 4.78 is 7.04. The quantitative estimate of drug-likeness (QED) is 0.918. The van der Waals surface area contributed by atoms with Gasteiger partial charge in [-0.3, -0.25) is 0 Å². The van der Waals surface area contributed by atoms with Crippen LogP contribution in [0.25, 0.3) is 0 Å². The highest BCUT2D eigenvalue weighted by Crippen LogP contribution is 2.38. The van der Waals surface area contributed by atoms with Gasteiger partial charge in [-0.1, -0.05) is 13.8 Å². The van der Waals surface area contributed by atoms with Crippen molar-refractivity contribution in [2.45, 2.75) is 32.4 Å². The van der Waals surface area contributed by atoms with Gasteiger partial charge in [0.2, 0.25) is 0 Å². The van der Waals surface area contributed by atoms with Crippen molar-refractivity contribution in [1.82, 2.24) is 5.32 Å². The molecular formula is C12H18BrNOS. The Morgan fingerprint density at radius 1 is 1.56 bits per heavy atom. The Morgan fingerprint density at radius 2 is 2.38 bits per heavy atom. The molecule has 90 valence electrons. The van der Waals surface area contributed by atoms with Gasteiger partial charge in [-0.2, -0.15) is 0 Å². The van der Waals surface area contributed by atoms with Crippen LogP contribution in [0.3, 0.4) is 0 Å². The zero-order chi connectivity index (χ0) is 11.5. The fraction of sp³-hybridized carbons (Fsp3) is 0.667. The van der Waals surface area contributed by atoms with E-state index in [1.807, 2.05) is 0 Å². The van der Waals surface area contributed by atoms with Crippen LogP contribution in [0.5, 0.6) is 0 Å². The first-order chi connectivity index (χ1) is 7.66. The van der Waals surface area contributed by atoms with E-state index in [0.717, 1.165) is 13.2 Å². The second-order valence-electron chi connectivity index (χ2n) is 4.54. The van der Waals surface area contributed by atoms with E-state index in [-0.39, 0.29) is 0 Å². The first-order valence-corrected chi connectivity index (χ1v) is 7.38. The van der Waals surface area contributed by atoms with E-state index in [1.165, 1.54) is 15.1 Å². The van der Waals surface area contributed by atoms with E-state index >= 15 is 0 Å². The van der Waals surface area contributed by atoms with E-state index in [1.54, 1.807) is 11.3 Å². The van der Waals surface area contributed by atoms with Gasteiger partial charge in [0, 0.05) is 30.0 Å². The normalized spacial score (nSPS) is 25.5. The van der Waals surface area contributed by atoms with Crippen molar-refractivity contribution in [3.8, 4) is 0 Å². The molecule has 0 bridgehead atoms. The first-order valence-electron chi connectivity index (χ1n) is 5.77. The molecule has 1 aliphatic heterocycles. The Balaban J connectivity index is 1.98. The Morgan fingerprint density at radius 3 is 3.00 bits per heavy atom. The summed E-state index contributed by atoms with van der Waals surface area (Å²) in [7, 11) is 0. The molecule has 2 atom stereocenters. The lowest BCUT2D eigenvalue weighted by atomic mass is 10.00. The van der Waals surface area contributed by atoms with Gasteiger partial charge in [0.15, 0.2) is 0 Å². The van der Waals surface area contributed by atoms with Gasteiger partial charge >= 0.3 is 0 Å². The molecule has 1 fully saturated rings. The van der Waals surface area contributed by atoms with Crippen LogP contribution in [0.15, 0.2) is 15.9 Å². The van der Waals surface area contributed by atoms with E-state index in [2.05, 4.69) is 47.2 Å². The van der Waals surface area contributed by atoms with E-state index < -0.39 is 0 Å². The minimum atomic E-state index is 0.294. The molecule has 1 aromatic heterocycles. The summed E-state index contributed by atoms with van der Waals surface area (Å²) in [5.41, 5.74) is 0. The molecule has 0 amide bonds. The second-order valence-corrected chi connectivity index (χ2v) is 7.04. The maximum absolute atomic E-state index is 5.85. The largest absolute Gasteiger partial charge is 0.372 e. The molecule has 0 saturated carbocycles. The molecule has 4 heteroatoms. The molecule has 2 unspecified atom stereocenters. The third-order valence-electron chi connectivity index (χ3n) is 2.88. The molecule has 0 radical (unpaired) electrons. The number of thiophene rings is 1. The Labute approximate surface area is 110 Å². The van der Waals surface area contributed by atoms with Crippen LogP contribution in [0.1, 0.15) is 31.2 Å². The molecule has 2 rings (SSSR count). The molecular weight excluding hydrogens is 286 g/mol. The third-order valence-corrected chi connectivity index (χ3v) is 4.56. The fourth-order valence-corrected chi connectivity index (χ4v) is 3.59. The highest BCUT2D eigenvalue weighted by Gasteiger charge is 2.30. The minimum Gasteiger partial charge on any atom is -0.372 e. The van der Waals surface area contributed by atoms with Crippen molar-refractivity contribution in [3.63, 3.8) is 0 Å². The number of rotatable bonds is 4. The van der Waals surface area contributed by atoms with Gasteiger partial charge in [-0.15, -0.1) is 11.3 Å². The fourth-order valence-electron chi connectivity index (χ4n) is 2.03. The average molecular weight is 304 g/mol. The maximum Gasteiger partial charge on any atom is 0.0958 e. The standard InChI is InChI=1S/C12H18BrNOS/c1-8(2)14-7-9-5-6-15-12(9)10-3-4-11(13)16-10/h3-4,8-9,12,14H,5-7H2,1-2H3. The summed E-state index contributed by atoms with van der Waals surface area (Å²) in [6, 6.07) is 4.83. The van der Waals surface area contributed by atoms with E-state index in [4.69, 9.17) is 4.74 Å². The summed E-state index contributed by atoms with van der Waals surface area (Å²) >= 11 is 5.30. The van der Waals surface area contributed by atoms with Crippen LogP contribution in [0.4, 0.5) is 0 Å². The highest BCUT2D eigenvalue weighted by atomic mass is 79.9. The Bertz CT molecular complexity index is 340. The Hall–Kier alpha value is 0.1000. The van der Waals surface area contributed by atoms with Crippen LogP contribution in [0.2, 0.25) is 0 Å². The molecule has 1 aromatic rings. The molecule has 2 heterocycles. The maximum atomic E-state index is 5.85. The zero-order valence-electron chi connectivity index (χ0n) is 9.70. The third kappa shape index (κ3) is 3.06. The van der Waals surface area contributed by atoms with Gasteiger partial charge in [-0.05, 0) is 34.5 Å². The molecule has 1 saturated heterocycles. The van der Waals surface area contributed by atoms with Gasteiger partial charge in [0.25, 0.3) is 0 Å². The van der Waals surface area contributed by atoms with Crippen LogP contribution in [-0.4, -0.2) is 19.2 Å². The molecule has 1 N–H and O–H groups in total. The van der Waals surface area contributed by atoms with Crippen LogP contribution < -0.4 is 5.32 Å². The number of ether oxygens (including phenoxy) is 1. The first kappa shape index (κ1) is 12.6. The molecule has 1 aliphatic rings. The van der Waals surface area contributed by atoms with Crippen molar-refractivity contribution >= 4 is 27.3 Å². The van der Waals surface area contributed by atoms with Crippen molar-refractivity contribution < 1.29 is 4.74 Å². The van der Waals surface area contributed by atoms with Crippen molar-refractivity contribution in [2.75, 3.05) is 13.2 Å². The van der Waals surface area contributed by atoms with Crippen LogP contribution in [-0.2, 0) is 4.74 Å². The highest BCUT2D eigenvalue weighted by molar-refractivity contribution is 9.11. The smallest absolute Gasteiger partial charge is 0.0958 e. The SMILES string of the molecule is CC(C)NCC1CCOC1c1ccc(Br)s1. The molecule has 0 aliphatic carbocycles. The van der Waals surface area contributed by atoms with Crippen LogP contribution >= 0.6 is 27.3 Å². The Kier molecular flexibility index (Phi) is 4.41. The average Bonchev–Trinajstić information content (AvgIpc) is 2.82. The summed E-state index contributed by atoms with van der Waals surface area (Å²) in [6.45, 7) is 6.32. The molecule has 0 aromatic carbocycles. The number of halogens is 1. The van der Waals surface area contributed by atoms with Crippen molar-refractivity contribution in [2.24, 2.45) is 5.92 Å². The van der Waals surface area contributed by atoms with Gasteiger partial charge in [0.1, 0.15) is 0 Å². The van der Waals surface area contributed by atoms with Gasteiger partial charge < -0.3 is 10.1 Å². The summed E-state index contributed by atoms with van der Waals surface area (Å²) in [5.74, 6) is 0.618. The van der Waals surface area contributed by atoms with E-state index in [9.17, 15) is 0 Å². The van der Waals surface area contributed by atoms with Crippen LogP contribution in [0, 0.1) is 5.92 Å². The number of nitrogens with one attached hydrogen (secondary N) is 1. The topological polar surface area (TPSA) is 21.3 Å². The molecule has 16 heavy (non-hydrogen) atoms. The van der Waals surface area contributed by atoms with Gasteiger partial charge in [-0.25, -0.2) is 0 Å². The van der Waals surface area contributed by atoms with Crippen molar-refractivity contribution in [3.05, 3.63) is 20.8 Å². The molecule has 0 spiro atoms. The summed E-state index contributed by atoms with van der Waals surface area (Å²) in [4.78, 5) is 1.35. The van der Waals surface area contributed by atoms with E-state index in [0.29, 0.717) is 18.1 Å². The zero-order valence-corrected chi connectivity index (χ0v) is 12.1.